The van der Waals surface area contributed by atoms with Gasteiger partial charge in [0.05, 0.1) is 10.5 Å². The summed E-state index contributed by atoms with van der Waals surface area (Å²) in [6, 6.07) is 4.07. The molecule has 0 unspecified atom stereocenters. The van der Waals surface area contributed by atoms with Crippen LogP contribution in [0.1, 0.15) is 12.0 Å². The van der Waals surface area contributed by atoms with Crippen LogP contribution in [0.2, 0.25) is 0 Å². The second kappa shape index (κ2) is 6.44. The van der Waals surface area contributed by atoms with Crippen LogP contribution in [0, 0.1) is 0 Å². The van der Waals surface area contributed by atoms with E-state index in [1.807, 2.05) is 0 Å². The SMILES string of the molecule is O=S(=O)(NCCCn1cncn1)c1ccccc1C(F)(F)F. The van der Waals surface area contributed by atoms with Gasteiger partial charge in [0, 0.05) is 13.1 Å². The summed E-state index contributed by atoms with van der Waals surface area (Å²) in [7, 11) is -4.23. The fourth-order valence-corrected chi connectivity index (χ4v) is 3.11. The maximum Gasteiger partial charge on any atom is 0.417 e. The van der Waals surface area contributed by atoms with Crippen LogP contribution in [-0.2, 0) is 22.7 Å². The molecule has 0 amide bonds. The Kier molecular flexibility index (Phi) is 4.81. The molecule has 0 spiro atoms. The molecule has 0 aliphatic heterocycles. The maximum absolute atomic E-state index is 12.8. The van der Waals surface area contributed by atoms with Gasteiger partial charge in [-0.3, -0.25) is 4.68 Å². The van der Waals surface area contributed by atoms with Crippen molar-refractivity contribution in [2.24, 2.45) is 0 Å². The molecule has 0 radical (unpaired) electrons. The van der Waals surface area contributed by atoms with Crippen LogP contribution >= 0.6 is 0 Å². The van der Waals surface area contributed by atoms with E-state index < -0.39 is 26.7 Å². The number of nitrogens with zero attached hydrogens (tertiary/aromatic N) is 3. The highest BCUT2D eigenvalue weighted by molar-refractivity contribution is 7.89. The van der Waals surface area contributed by atoms with Gasteiger partial charge in [0.2, 0.25) is 10.0 Å². The zero-order chi connectivity index (χ0) is 16.2. The van der Waals surface area contributed by atoms with Crippen molar-refractivity contribution in [3.05, 3.63) is 42.5 Å². The van der Waals surface area contributed by atoms with Crippen LogP contribution < -0.4 is 4.72 Å². The van der Waals surface area contributed by atoms with Gasteiger partial charge < -0.3 is 0 Å². The monoisotopic (exact) mass is 334 g/mol. The molecule has 0 fully saturated rings. The molecule has 0 saturated carbocycles. The van der Waals surface area contributed by atoms with Crippen molar-refractivity contribution in [1.82, 2.24) is 19.5 Å². The third-order valence-corrected chi connectivity index (χ3v) is 4.32. The van der Waals surface area contributed by atoms with Crippen molar-refractivity contribution in [2.75, 3.05) is 6.54 Å². The Hall–Kier alpha value is -1.94. The summed E-state index contributed by atoms with van der Waals surface area (Å²) in [6.45, 7) is 0.401. The molecule has 1 aromatic carbocycles. The van der Waals surface area contributed by atoms with Crippen molar-refractivity contribution in [1.29, 1.82) is 0 Å². The summed E-state index contributed by atoms with van der Waals surface area (Å²) in [5.74, 6) is 0. The molecule has 1 aromatic heterocycles. The number of alkyl halides is 3. The quantitative estimate of drug-likeness (QED) is 0.815. The highest BCUT2D eigenvalue weighted by Crippen LogP contribution is 2.33. The van der Waals surface area contributed by atoms with Gasteiger partial charge in [0.1, 0.15) is 12.7 Å². The van der Waals surface area contributed by atoms with Crippen LogP contribution in [0.15, 0.2) is 41.8 Å². The zero-order valence-electron chi connectivity index (χ0n) is 11.3. The molecule has 0 bridgehead atoms. The van der Waals surface area contributed by atoms with Crippen molar-refractivity contribution in [2.45, 2.75) is 24.0 Å². The Bertz CT molecular complexity index is 714. The number of sulfonamides is 1. The summed E-state index contributed by atoms with van der Waals surface area (Å²) in [6.07, 6.45) is -1.56. The van der Waals surface area contributed by atoms with Gasteiger partial charge in [-0.2, -0.15) is 18.3 Å². The van der Waals surface area contributed by atoms with E-state index in [2.05, 4.69) is 14.8 Å². The Morgan fingerprint density at radius 2 is 1.95 bits per heavy atom. The molecular weight excluding hydrogens is 321 g/mol. The highest BCUT2D eigenvalue weighted by atomic mass is 32.2. The minimum absolute atomic E-state index is 0.00557. The van der Waals surface area contributed by atoms with Gasteiger partial charge >= 0.3 is 6.18 Å². The smallest absolute Gasteiger partial charge is 0.253 e. The first-order valence-corrected chi connectivity index (χ1v) is 7.77. The third-order valence-electron chi connectivity index (χ3n) is 2.80. The van der Waals surface area contributed by atoms with Crippen LogP contribution in [0.4, 0.5) is 13.2 Å². The normalized spacial score (nSPS) is 12.5. The highest BCUT2D eigenvalue weighted by Gasteiger charge is 2.36. The lowest BCUT2D eigenvalue weighted by Gasteiger charge is -2.13. The fourth-order valence-electron chi connectivity index (χ4n) is 1.81. The second-order valence-corrected chi connectivity index (χ2v) is 6.14. The zero-order valence-corrected chi connectivity index (χ0v) is 12.1. The topological polar surface area (TPSA) is 76.9 Å². The standard InChI is InChI=1S/C12H13F3N4O2S/c13-12(14,15)10-4-1-2-5-11(10)22(20,21)18-6-3-7-19-9-16-8-17-19/h1-2,4-5,8-9,18H,3,6-7H2. The lowest BCUT2D eigenvalue weighted by Crippen LogP contribution is -2.27. The predicted octanol–water partition coefficient (Wildman–Crippen LogP) is 1.67. The van der Waals surface area contributed by atoms with Crippen molar-refractivity contribution in [3.63, 3.8) is 0 Å². The van der Waals surface area contributed by atoms with Crippen molar-refractivity contribution >= 4 is 10.0 Å². The number of halogens is 3. The van der Waals surface area contributed by atoms with E-state index in [1.54, 1.807) is 0 Å². The average Bonchev–Trinajstić information content (AvgIpc) is 2.96. The number of rotatable bonds is 6. The number of nitrogens with one attached hydrogen (secondary N) is 1. The Morgan fingerprint density at radius 1 is 1.23 bits per heavy atom. The number of aromatic nitrogens is 3. The summed E-state index contributed by atoms with van der Waals surface area (Å²) in [4.78, 5) is 2.95. The van der Waals surface area contributed by atoms with Crippen LogP contribution in [0.25, 0.3) is 0 Å². The molecular formula is C12H13F3N4O2S. The molecule has 0 aliphatic rings. The van der Waals surface area contributed by atoms with E-state index in [9.17, 15) is 21.6 Å². The predicted molar refractivity (Wildman–Crippen MR) is 71.3 cm³/mol. The van der Waals surface area contributed by atoms with Crippen LogP contribution in [0.3, 0.4) is 0 Å². The number of hydrogen-bond donors (Lipinski definition) is 1. The van der Waals surface area contributed by atoms with E-state index in [1.165, 1.54) is 23.4 Å². The summed E-state index contributed by atoms with van der Waals surface area (Å²) < 4.78 is 66.2. The van der Waals surface area contributed by atoms with E-state index in [4.69, 9.17) is 0 Å². The molecule has 0 saturated heterocycles. The Balaban J connectivity index is 2.04. The average molecular weight is 334 g/mol. The first-order chi connectivity index (χ1) is 10.3. The van der Waals surface area contributed by atoms with Crippen molar-refractivity contribution < 1.29 is 21.6 Å². The first kappa shape index (κ1) is 16.4. The van der Waals surface area contributed by atoms with Gasteiger partial charge in [0.25, 0.3) is 0 Å². The molecule has 120 valence electrons. The van der Waals surface area contributed by atoms with Gasteiger partial charge in [-0.25, -0.2) is 18.1 Å². The molecule has 2 rings (SSSR count). The van der Waals surface area contributed by atoms with Crippen LogP contribution in [0.5, 0.6) is 0 Å². The first-order valence-electron chi connectivity index (χ1n) is 6.29. The Morgan fingerprint density at radius 3 is 2.59 bits per heavy atom. The lowest BCUT2D eigenvalue weighted by atomic mass is 10.2. The van der Waals surface area contributed by atoms with Gasteiger partial charge in [-0.15, -0.1) is 0 Å². The largest absolute Gasteiger partial charge is 0.417 e. The number of hydrogen-bond acceptors (Lipinski definition) is 4. The summed E-state index contributed by atoms with van der Waals surface area (Å²) in [5, 5.41) is 3.83. The molecule has 1 N–H and O–H groups in total. The van der Waals surface area contributed by atoms with E-state index in [0.29, 0.717) is 13.0 Å². The number of benzene rings is 1. The maximum atomic E-state index is 12.8. The lowest BCUT2D eigenvalue weighted by molar-refractivity contribution is -0.139. The van der Waals surface area contributed by atoms with E-state index in [0.717, 1.165) is 18.2 Å². The molecule has 2 aromatic rings. The molecule has 0 atom stereocenters. The van der Waals surface area contributed by atoms with Crippen LogP contribution in [-0.4, -0.2) is 29.7 Å². The van der Waals surface area contributed by atoms with Gasteiger partial charge in [-0.05, 0) is 18.6 Å². The third kappa shape index (κ3) is 4.04. The minimum atomic E-state index is -4.73. The number of aryl methyl sites for hydroxylation is 1. The van der Waals surface area contributed by atoms with Gasteiger partial charge in [0.15, 0.2) is 0 Å². The molecule has 10 heteroatoms. The molecule has 1 heterocycles. The Labute approximate surface area is 125 Å². The summed E-state index contributed by atoms with van der Waals surface area (Å²) >= 11 is 0. The van der Waals surface area contributed by atoms with Crippen molar-refractivity contribution in [3.8, 4) is 0 Å². The molecule has 22 heavy (non-hydrogen) atoms. The van der Waals surface area contributed by atoms with E-state index >= 15 is 0 Å². The summed E-state index contributed by atoms with van der Waals surface area (Å²) in [5.41, 5.74) is -1.18. The van der Waals surface area contributed by atoms with E-state index in [-0.39, 0.29) is 6.54 Å². The molecule has 0 aliphatic carbocycles. The van der Waals surface area contributed by atoms with Gasteiger partial charge in [-0.1, -0.05) is 12.1 Å². The second-order valence-electron chi connectivity index (χ2n) is 4.40. The fraction of sp³-hybridized carbons (Fsp3) is 0.333. The minimum Gasteiger partial charge on any atom is -0.253 e. The molecule has 6 nitrogen and oxygen atoms in total.